The van der Waals surface area contributed by atoms with Crippen LogP contribution in [-0.4, -0.2) is 26.9 Å². The van der Waals surface area contributed by atoms with Gasteiger partial charge in [-0.15, -0.1) is 0 Å². The molecule has 4 nitrogen and oxygen atoms in total. The Morgan fingerprint density at radius 2 is 1.95 bits per heavy atom. The van der Waals surface area contributed by atoms with Gasteiger partial charge >= 0.3 is 0 Å². The van der Waals surface area contributed by atoms with Crippen molar-refractivity contribution >= 4 is 17.5 Å². The number of carbonyl (C=O) groups is 1. The van der Waals surface area contributed by atoms with Gasteiger partial charge in [0.05, 0.1) is 13.0 Å². The van der Waals surface area contributed by atoms with Crippen molar-refractivity contribution in [1.29, 1.82) is 0 Å². The normalized spacial score (nSPS) is 18.3. The summed E-state index contributed by atoms with van der Waals surface area (Å²) in [4.78, 5) is 17.4. The SMILES string of the molecule is O=C1CC(c2cc(F)c(F)c(F)c2)CN1Cn1cnc(Cl)c1. The van der Waals surface area contributed by atoms with Gasteiger partial charge in [0.25, 0.3) is 0 Å². The maximum absolute atomic E-state index is 13.3. The number of benzene rings is 1. The highest BCUT2D eigenvalue weighted by Gasteiger charge is 2.31. The van der Waals surface area contributed by atoms with E-state index in [0.717, 1.165) is 12.1 Å². The Hall–Kier alpha value is -2.02. The van der Waals surface area contributed by atoms with Crippen LogP contribution >= 0.6 is 11.6 Å². The van der Waals surface area contributed by atoms with Crippen molar-refractivity contribution in [2.75, 3.05) is 6.54 Å². The lowest BCUT2D eigenvalue weighted by atomic mass is 9.98. The molecular formula is C14H11ClF3N3O. The van der Waals surface area contributed by atoms with E-state index in [1.54, 1.807) is 10.8 Å². The van der Waals surface area contributed by atoms with Gasteiger partial charge in [0.15, 0.2) is 17.5 Å². The summed E-state index contributed by atoms with van der Waals surface area (Å²) in [5.41, 5.74) is 0.274. The molecule has 0 saturated carbocycles. The van der Waals surface area contributed by atoms with Crippen LogP contribution in [-0.2, 0) is 11.5 Å². The summed E-state index contributed by atoms with van der Waals surface area (Å²) >= 11 is 5.70. The lowest BCUT2D eigenvalue weighted by Gasteiger charge is -2.17. The molecule has 2 aromatic rings. The third-order valence-electron chi connectivity index (χ3n) is 3.63. The predicted octanol–water partition coefficient (Wildman–Crippen LogP) is 2.93. The molecule has 0 aliphatic carbocycles. The smallest absolute Gasteiger partial charge is 0.224 e. The lowest BCUT2D eigenvalue weighted by Crippen LogP contribution is -2.27. The number of amides is 1. The zero-order valence-corrected chi connectivity index (χ0v) is 12.0. The molecule has 2 heterocycles. The molecule has 1 aliphatic heterocycles. The summed E-state index contributed by atoms with van der Waals surface area (Å²) in [5, 5.41) is 0.311. The number of imidazole rings is 1. The fourth-order valence-electron chi connectivity index (χ4n) is 2.55. The number of hydrogen-bond donors (Lipinski definition) is 0. The Kier molecular flexibility index (Phi) is 3.82. The van der Waals surface area contributed by atoms with Crippen molar-refractivity contribution < 1.29 is 18.0 Å². The molecule has 1 aromatic carbocycles. The maximum atomic E-state index is 13.3. The molecule has 0 radical (unpaired) electrons. The molecule has 0 N–H and O–H groups in total. The number of halogens is 4. The van der Waals surface area contributed by atoms with Gasteiger partial charge in [0.1, 0.15) is 5.15 Å². The number of carbonyl (C=O) groups excluding carboxylic acids is 1. The molecule has 1 atom stereocenters. The van der Waals surface area contributed by atoms with Gasteiger partial charge in [-0.1, -0.05) is 11.6 Å². The molecule has 1 aromatic heterocycles. The summed E-state index contributed by atoms with van der Waals surface area (Å²) < 4.78 is 41.2. The van der Waals surface area contributed by atoms with Crippen molar-refractivity contribution in [2.45, 2.75) is 19.0 Å². The number of hydrogen-bond acceptors (Lipinski definition) is 2. The molecule has 0 spiro atoms. The molecule has 22 heavy (non-hydrogen) atoms. The first-order valence-corrected chi connectivity index (χ1v) is 6.91. The van der Waals surface area contributed by atoms with Gasteiger partial charge in [-0.3, -0.25) is 4.79 Å². The predicted molar refractivity (Wildman–Crippen MR) is 72.6 cm³/mol. The highest BCUT2D eigenvalue weighted by molar-refractivity contribution is 6.29. The van der Waals surface area contributed by atoms with Crippen LogP contribution in [0, 0.1) is 17.5 Å². The van der Waals surface area contributed by atoms with E-state index in [2.05, 4.69) is 4.98 Å². The first-order valence-electron chi connectivity index (χ1n) is 6.53. The first kappa shape index (κ1) is 14.9. The molecule has 0 bridgehead atoms. The maximum Gasteiger partial charge on any atom is 0.224 e. The molecule has 3 rings (SSSR count). The van der Waals surface area contributed by atoms with Crippen LogP contribution in [0.4, 0.5) is 13.2 Å². The average molecular weight is 330 g/mol. The molecule has 8 heteroatoms. The monoisotopic (exact) mass is 329 g/mol. The number of aromatic nitrogens is 2. The van der Waals surface area contributed by atoms with E-state index in [1.807, 2.05) is 0 Å². The fraction of sp³-hybridized carbons (Fsp3) is 0.286. The molecular weight excluding hydrogens is 319 g/mol. The van der Waals surface area contributed by atoms with E-state index < -0.39 is 17.5 Å². The van der Waals surface area contributed by atoms with Crippen molar-refractivity contribution in [2.24, 2.45) is 0 Å². The summed E-state index contributed by atoms with van der Waals surface area (Å²) in [5.74, 6) is -4.53. The van der Waals surface area contributed by atoms with Gasteiger partial charge < -0.3 is 9.47 Å². The lowest BCUT2D eigenvalue weighted by molar-refractivity contribution is -0.129. The molecule has 1 fully saturated rings. The minimum absolute atomic E-state index is 0.118. The van der Waals surface area contributed by atoms with Crippen LogP contribution in [0.25, 0.3) is 0 Å². The standard InChI is InChI=1S/C14H11ClF3N3O/c15-12-5-20(6-19-12)7-21-4-9(3-13(21)22)8-1-10(16)14(18)11(17)2-8/h1-2,5-6,9H,3-4,7H2. The Labute approximate surface area is 129 Å². The zero-order valence-electron chi connectivity index (χ0n) is 11.3. The van der Waals surface area contributed by atoms with Gasteiger partial charge in [-0.2, -0.15) is 0 Å². The second-order valence-electron chi connectivity index (χ2n) is 5.17. The fourth-order valence-corrected chi connectivity index (χ4v) is 2.72. The molecule has 1 unspecified atom stereocenters. The highest BCUT2D eigenvalue weighted by atomic mass is 35.5. The zero-order chi connectivity index (χ0) is 15.9. The van der Waals surface area contributed by atoms with E-state index in [4.69, 9.17) is 11.6 Å². The quantitative estimate of drug-likeness (QED) is 0.812. The third kappa shape index (κ3) is 2.81. The van der Waals surface area contributed by atoms with Crippen molar-refractivity contribution in [1.82, 2.24) is 14.5 Å². The second kappa shape index (κ2) is 5.64. The van der Waals surface area contributed by atoms with Crippen molar-refractivity contribution in [3.8, 4) is 0 Å². The van der Waals surface area contributed by atoms with Gasteiger partial charge in [-0.25, -0.2) is 18.2 Å². The second-order valence-corrected chi connectivity index (χ2v) is 5.56. The Bertz CT molecular complexity index is 711. The topological polar surface area (TPSA) is 38.1 Å². The van der Waals surface area contributed by atoms with Crippen LogP contribution in [0.2, 0.25) is 5.15 Å². The molecule has 1 amide bonds. The number of rotatable bonds is 3. The van der Waals surface area contributed by atoms with E-state index in [-0.39, 0.29) is 30.5 Å². The Balaban J connectivity index is 1.77. The van der Waals surface area contributed by atoms with Crippen molar-refractivity contribution in [3.63, 3.8) is 0 Å². The first-order chi connectivity index (χ1) is 10.4. The molecule has 1 saturated heterocycles. The third-order valence-corrected chi connectivity index (χ3v) is 3.82. The Morgan fingerprint density at radius 3 is 2.55 bits per heavy atom. The largest absolute Gasteiger partial charge is 0.324 e. The number of likely N-dealkylation sites (tertiary alicyclic amines) is 1. The Morgan fingerprint density at radius 1 is 1.27 bits per heavy atom. The van der Waals surface area contributed by atoms with Crippen LogP contribution in [0.3, 0.4) is 0 Å². The minimum Gasteiger partial charge on any atom is -0.324 e. The molecule has 1 aliphatic rings. The molecule has 116 valence electrons. The van der Waals surface area contributed by atoms with E-state index in [1.165, 1.54) is 11.2 Å². The summed E-state index contributed by atoms with van der Waals surface area (Å²) in [6.45, 7) is 0.542. The van der Waals surface area contributed by atoms with E-state index in [0.29, 0.717) is 11.7 Å². The van der Waals surface area contributed by atoms with E-state index in [9.17, 15) is 18.0 Å². The van der Waals surface area contributed by atoms with Crippen LogP contribution < -0.4 is 0 Å². The van der Waals surface area contributed by atoms with Crippen LogP contribution in [0.5, 0.6) is 0 Å². The average Bonchev–Trinajstić information content (AvgIpc) is 3.03. The van der Waals surface area contributed by atoms with Crippen LogP contribution in [0.1, 0.15) is 17.9 Å². The van der Waals surface area contributed by atoms with E-state index >= 15 is 0 Å². The van der Waals surface area contributed by atoms with Gasteiger partial charge in [0, 0.05) is 25.1 Å². The van der Waals surface area contributed by atoms with Gasteiger partial charge in [-0.05, 0) is 17.7 Å². The number of nitrogens with zero attached hydrogens (tertiary/aromatic N) is 3. The van der Waals surface area contributed by atoms with Crippen molar-refractivity contribution in [3.05, 3.63) is 52.8 Å². The van der Waals surface area contributed by atoms with Crippen LogP contribution in [0.15, 0.2) is 24.7 Å². The highest BCUT2D eigenvalue weighted by Crippen LogP contribution is 2.30. The summed E-state index contributed by atoms with van der Waals surface area (Å²) in [6.07, 6.45) is 3.17. The minimum atomic E-state index is -1.50. The van der Waals surface area contributed by atoms with Gasteiger partial charge in [0.2, 0.25) is 5.91 Å². The summed E-state index contributed by atoms with van der Waals surface area (Å²) in [7, 11) is 0. The summed E-state index contributed by atoms with van der Waals surface area (Å²) in [6, 6.07) is 1.88.